The van der Waals surface area contributed by atoms with E-state index in [1.54, 1.807) is 11.0 Å². The van der Waals surface area contributed by atoms with Crippen LogP contribution in [0.25, 0.3) is 0 Å². The molecule has 0 radical (unpaired) electrons. The van der Waals surface area contributed by atoms with Crippen LogP contribution in [-0.2, 0) is 10.4 Å². The zero-order valence-electron chi connectivity index (χ0n) is 23.4. The van der Waals surface area contributed by atoms with Crippen LogP contribution in [0.5, 0.6) is 0 Å². The summed E-state index contributed by atoms with van der Waals surface area (Å²) in [5, 5.41) is 20.6. The lowest BCUT2D eigenvalue weighted by molar-refractivity contribution is -0.262. The number of carbonyl (C=O) groups excluding carboxylic acids is 2. The molecule has 3 aliphatic rings. The zero-order chi connectivity index (χ0) is 30.1. The summed E-state index contributed by atoms with van der Waals surface area (Å²) in [5.41, 5.74) is -2.67. The van der Waals surface area contributed by atoms with E-state index in [9.17, 15) is 33.0 Å². The third-order valence-electron chi connectivity index (χ3n) is 9.34. The third-order valence-corrected chi connectivity index (χ3v) is 9.65. The first-order valence-corrected chi connectivity index (χ1v) is 15.0. The van der Waals surface area contributed by atoms with Crippen molar-refractivity contribution in [3.63, 3.8) is 0 Å². The normalized spacial score (nSPS) is 22.3. The van der Waals surface area contributed by atoms with E-state index in [0.717, 1.165) is 61.5 Å². The van der Waals surface area contributed by atoms with Gasteiger partial charge in [0.25, 0.3) is 17.4 Å². The Morgan fingerprint density at radius 2 is 1.50 bits per heavy atom. The summed E-state index contributed by atoms with van der Waals surface area (Å²) < 4.78 is 42.0. The fraction of sp³-hybridized carbons (Fsp3) is 0.548. The van der Waals surface area contributed by atoms with Gasteiger partial charge in [0.05, 0.1) is 23.2 Å². The minimum atomic E-state index is -5.14. The van der Waals surface area contributed by atoms with Crippen molar-refractivity contribution in [1.29, 1.82) is 0 Å². The second-order valence-electron chi connectivity index (χ2n) is 11.7. The molecular weight excluding hydrogens is 571 g/mol. The molecule has 0 saturated carbocycles. The first kappa shape index (κ1) is 30.6. The molecule has 3 fully saturated rings. The number of halogens is 4. The fourth-order valence-electron chi connectivity index (χ4n) is 6.84. The molecule has 2 aromatic carbocycles. The van der Waals surface area contributed by atoms with Gasteiger partial charge in [-0.2, -0.15) is 13.2 Å². The lowest BCUT2D eigenvalue weighted by Crippen LogP contribution is -2.57. The summed E-state index contributed by atoms with van der Waals surface area (Å²) in [4.78, 5) is 31.1. The van der Waals surface area contributed by atoms with E-state index in [1.807, 2.05) is 12.1 Å². The van der Waals surface area contributed by atoms with E-state index in [4.69, 9.17) is 11.6 Å². The lowest BCUT2D eigenvalue weighted by Gasteiger charge is -2.42. The molecule has 228 valence electrons. The van der Waals surface area contributed by atoms with Crippen LogP contribution in [0.1, 0.15) is 54.4 Å². The van der Waals surface area contributed by atoms with Crippen LogP contribution in [-0.4, -0.2) is 83.4 Å². The molecule has 11 heteroatoms. The van der Waals surface area contributed by atoms with Crippen LogP contribution >= 0.6 is 11.6 Å². The summed E-state index contributed by atoms with van der Waals surface area (Å²) in [6.45, 7) is 2.47. The molecule has 2 atom stereocenters. The van der Waals surface area contributed by atoms with E-state index in [1.165, 1.54) is 18.2 Å². The third kappa shape index (κ3) is 5.85. The Morgan fingerprint density at radius 1 is 0.881 bits per heavy atom. The van der Waals surface area contributed by atoms with Crippen LogP contribution < -0.4 is 4.90 Å². The van der Waals surface area contributed by atoms with Crippen molar-refractivity contribution in [3.05, 3.63) is 64.7 Å². The molecule has 0 unspecified atom stereocenters. The first-order chi connectivity index (χ1) is 20.0. The lowest BCUT2D eigenvalue weighted by atomic mass is 9.78. The predicted octanol–water partition coefficient (Wildman–Crippen LogP) is 4.84. The number of nitrogens with zero attached hydrogens (tertiary/aromatic N) is 3. The molecule has 0 bridgehead atoms. The average Bonchev–Trinajstić information content (AvgIpc) is 3.49. The number of aliphatic hydroxyl groups is 2. The summed E-state index contributed by atoms with van der Waals surface area (Å²) in [6.07, 6.45) is -0.509. The molecule has 42 heavy (non-hydrogen) atoms. The Balaban J connectivity index is 1.16. The Labute approximate surface area is 248 Å². The molecule has 7 nitrogen and oxygen atoms in total. The molecule has 3 heterocycles. The smallest absolute Gasteiger partial charge is 0.394 e. The quantitative estimate of drug-likeness (QED) is 0.491. The van der Waals surface area contributed by atoms with Gasteiger partial charge in [0.2, 0.25) is 0 Å². The SMILES string of the molecule is O=C(c1ccc(N2CCC(C3CCN(C(=O)[C@](O)(c4ccccc4)C(F)(F)F)CC3)CC2)cc1Cl)N1CCC[C@@H]1CO. The van der Waals surface area contributed by atoms with E-state index in [2.05, 4.69) is 4.90 Å². The van der Waals surface area contributed by atoms with E-state index in [0.29, 0.717) is 35.9 Å². The first-order valence-electron chi connectivity index (χ1n) is 14.6. The van der Waals surface area contributed by atoms with Gasteiger partial charge in [0.1, 0.15) is 0 Å². The number of aliphatic hydroxyl groups excluding tert-OH is 1. The van der Waals surface area contributed by atoms with Crippen LogP contribution in [0.15, 0.2) is 48.5 Å². The van der Waals surface area contributed by atoms with Crippen molar-refractivity contribution >= 4 is 29.1 Å². The van der Waals surface area contributed by atoms with Gasteiger partial charge in [0.15, 0.2) is 0 Å². The van der Waals surface area contributed by atoms with Crippen LogP contribution in [0.4, 0.5) is 18.9 Å². The number of anilines is 1. The van der Waals surface area contributed by atoms with E-state index in [-0.39, 0.29) is 37.6 Å². The van der Waals surface area contributed by atoms with Crippen LogP contribution in [0, 0.1) is 11.8 Å². The number of piperidine rings is 2. The van der Waals surface area contributed by atoms with Crippen molar-refractivity contribution in [2.24, 2.45) is 11.8 Å². The standard InChI is InChI=1S/C31H37ClF3N3O4/c32-27-19-24(8-9-26(27)28(40)38-14-4-7-25(38)20-39)36-15-10-21(11-16-36)22-12-17-37(18-13-22)29(41)30(42,31(33,34)35)23-5-2-1-3-6-23/h1-3,5-6,8-9,19,21-22,25,39,42H,4,7,10-18,20H2/t25-,30-/m1/s1. The number of hydrogen-bond donors (Lipinski definition) is 2. The number of rotatable bonds is 6. The van der Waals surface area contributed by atoms with Gasteiger partial charge in [0, 0.05) is 44.0 Å². The minimum absolute atomic E-state index is 0.0603. The van der Waals surface area contributed by atoms with E-state index < -0.39 is 23.2 Å². The van der Waals surface area contributed by atoms with E-state index >= 15 is 0 Å². The minimum Gasteiger partial charge on any atom is -0.394 e. The molecule has 2 amide bonds. The molecule has 3 saturated heterocycles. The molecule has 0 spiro atoms. The summed E-state index contributed by atoms with van der Waals surface area (Å²) in [6, 6.07) is 11.9. The molecule has 3 aliphatic heterocycles. The molecular formula is C31H37ClF3N3O4. The van der Waals surface area contributed by atoms with Gasteiger partial charge >= 0.3 is 6.18 Å². The van der Waals surface area contributed by atoms with Crippen molar-refractivity contribution < 1.29 is 33.0 Å². The van der Waals surface area contributed by atoms with Gasteiger partial charge in [-0.15, -0.1) is 0 Å². The maximum atomic E-state index is 14.0. The molecule has 2 N–H and O–H groups in total. The Hall–Kier alpha value is -2.82. The highest BCUT2D eigenvalue weighted by atomic mass is 35.5. The van der Waals surface area contributed by atoms with Crippen molar-refractivity contribution in [2.75, 3.05) is 44.2 Å². The second-order valence-corrected chi connectivity index (χ2v) is 12.1. The van der Waals surface area contributed by atoms with Gasteiger partial charge < -0.3 is 24.9 Å². The molecule has 0 aromatic heterocycles. The summed E-state index contributed by atoms with van der Waals surface area (Å²) >= 11 is 6.54. The highest BCUT2D eigenvalue weighted by Gasteiger charge is 2.62. The Morgan fingerprint density at radius 3 is 2.07 bits per heavy atom. The highest BCUT2D eigenvalue weighted by Crippen LogP contribution is 2.42. The van der Waals surface area contributed by atoms with Crippen LogP contribution in [0.2, 0.25) is 5.02 Å². The van der Waals surface area contributed by atoms with Gasteiger partial charge in [-0.3, -0.25) is 9.59 Å². The van der Waals surface area contributed by atoms with Gasteiger partial charge in [-0.05, 0) is 68.6 Å². The fourth-order valence-corrected chi connectivity index (χ4v) is 7.10. The van der Waals surface area contributed by atoms with Crippen molar-refractivity contribution in [3.8, 4) is 0 Å². The predicted molar refractivity (Wildman–Crippen MR) is 153 cm³/mol. The summed E-state index contributed by atoms with van der Waals surface area (Å²) in [7, 11) is 0. The summed E-state index contributed by atoms with van der Waals surface area (Å²) in [5.74, 6) is -0.805. The number of carbonyl (C=O) groups is 2. The Bertz CT molecular complexity index is 1260. The molecule has 5 rings (SSSR count). The average molecular weight is 608 g/mol. The maximum absolute atomic E-state index is 14.0. The zero-order valence-corrected chi connectivity index (χ0v) is 24.2. The largest absolute Gasteiger partial charge is 0.430 e. The second kappa shape index (κ2) is 12.4. The number of benzene rings is 2. The van der Waals surface area contributed by atoms with Gasteiger partial charge in [-0.25, -0.2) is 0 Å². The Kier molecular flexibility index (Phi) is 9.06. The number of amides is 2. The van der Waals surface area contributed by atoms with Crippen LogP contribution in [0.3, 0.4) is 0 Å². The molecule has 2 aromatic rings. The topological polar surface area (TPSA) is 84.3 Å². The monoisotopic (exact) mass is 607 g/mol. The number of likely N-dealkylation sites (tertiary alicyclic amines) is 2. The van der Waals surface area contributed by atoms with Gasteiger partial charge in [-0.1, -0.05) is 41.9 Å². The van der Waals surface area contributed by atoms with Crippen molar-refractivity contribution in [2.45, 2.75) is 56.3 Å². The number of hydrogen-bond acceptors (Lipinski definition) is 5. The molecule has 0 aliphatic carbocycles. The maximum Gasteiger partial charge on any atom is 0.430 e. The number of alkyl halides is 3. The van der Waals surface area contributed by atoms with Crippen molar-refractivity contribution in [1.82, 2.24) is 9.80 Å². The highest BCUT2D eigenvalue weighted by molar-refractivity contribution is 6.34.